The van der Waals surface area contributed by atoms with Crippen LogP contribution in [-0.4, -0.2) is 51.3 Å². The van der Waals surface area contributed by atoms with Gasteiger partial charge in [0.25, 0.3) is 0 Å². The van der Waals surface area contributed by atoms with Crippen molar-refractivity contribution in [3.05, 3.63) is 22.3 Å². The molecule has 0 atom stereocenters. The normalized spacial score (nSPS) is 17.9. The van der Waals surface area contributed by atoms with Crippen LogP contribution in [-0.2, 0) is 38.1 Å². The fourth-order valence-corrected chi connectivity index (χ4v) is 3.60. The Balaban J connectivity index is 2.38. The predicted octanol–water partition coefficient (Wildman–Crippen LogP) is 1.63. The Morgan fingerprint density at radius 1 is 0.778 bits per heavy atom. The van der Waals surface area contributed by atoms with Gasteiger partial charge in [-0.15, -0.1) is 0 Å². The summed E-state index contributed by atoms with van der Waals surface area (Å²) >= 11 is 0. The number of carbonyl (C=O) groups is 4. The van der Waals surface area contributed by atoms with Crippen LogP contribution in [0.3, 0.4) is 0 Å². The molecule has 148 valence electrons. The average molecular weight is 380 g/mol. The molecule has 2 rings (SSSR count). The maximum absolute atomic E-state index is 12.6. The fraction of sp³-hybridized carbons (Fsp3) is 0.579. The monoisotopic (exact) mass is 380 g/mol. The molecular weight excluding hydrogens is 356 g/mol. The van der Waals surface area contributed by atoms with Crippen LogP contribution in [0.2, 0.25) is 0 Å². The second-order valence-electron chi connectivity index (χ2n) is 6.38. The first-order valence-corrected chi connectivity index (χ1v) is 8.77. The van der Waals surface area contributed by atoms with Crippen LogP contribution >= 0.6 is 0 Å². The molecule has 8 heteroatoms. The van der Waals surface area contributed by atoms with Gasteiger partial charge in [-0.05, 0) is 26.7 Å². The molecule has 0 N–H and O–H groups in total. The van der Waals surface area contributed by atoms with E-state index in [1.165, 1.54) is 14.2 Å². The zero-order chi connectivity index (χ0) is 20.2. The number of rotatable bonds is 6. The summed E-state index contributed by atoms with van der Waals surface area (Å²) in [6, 6.07) is 0. The lowest BCUT2D eigenvalue weighted by atomic mass is 9.83. The number of hydrogen-bond acceptors (Lipinski definition) is 8. The van der Waals surface area contributed by atoms with E-state index in [1.54, 1.807) is 13.8 Å². The van der Waals surface area contributed by atoms with Crippen molar-refractivity contribution in [1.82, 2.24) is 0 Å². The molecule has 0 saturated carbocycles. The Kier molecular flexibility index (Phi) is 6.41. The maximum Gasteiger partial charge on any atom is 0.334 e. The Hall–Kier alpha value is -2.64. The quantitative estimate of drug-likeness (QED) is 0.296. The van der Waals surface area contributed by atoms with E-state index in [1.807, 2.05) is 0 Å². The van der Waals surface area contributed by atoms with E-state index in [2.05, 4.69) is 0 Å². The number of allylic oxidation sites excluding steroid dienone is 2. The Morgan fingerprint density at radius 3 is 1.44 bits per heavy atom. The Labute approximate surface area is 157 Å². The maximum atomic E-state index is 12.6. The largest absolute Gasteiger partial charge is 0.466 e. The van der Waals surface area contributed by atoms with E-state index in [-0.39, 0.29) is 50.0 Å². The minimum absolute atomic E-state index is 0.0922. The SMILES string of the molecule is CCOC(=O)C1(C(=O)OCC)CC2=C(CC(C(=O)OC)=C(C(=O)OC)C2)C1. The van der Waals surface area contributed by atoms with Gasteiger partial charge >= 0.3 is 23.9 Å². The molecule has 0 saturated heterocycles. The van der Waals surface area contributed by atoms with Gasteiger partial charge in [0, 0.05) is 12.8 Å². The van der Waals surface area contributed by atoms with Crippen LogP contribution in [0.25, 0.3) is 0 Å². The average Bonchev–Trinajstić information content (AvgIpc) is 3.06. The third-order valence-electron chi connectivity index (χ3n) is 4.87. The fourth-order valence-electron chi connectivity index (χ4n) is 3.60. The highest BCUT2D eigenvalue weighted by Crippen LogP contribution is 2.50. The topological polar surface area (TPSA) is 105 Å². The second kappa shape index (κ2) is 8.37. The van der Waals surface area contributed by atoms with Gasteiger partial charge in [0.15, 0.2) is 5.41 Å². The van der Waals surface area contributed by atoms with E-state index in [9.17, 15) is 19.2 Å². The minimum Gasteiger partial charge on any atom is -0.466 e. The van der Waals surface area contributed by atoms with Crippen molar-refractivity contribution < 1.29 is 38.1 Å². The third-order valence-corrected chi connectivity index (χ3v) is 4.87. The molecule has 0 amide bonds. The molecule has 0 aromatic heterocycles. The molecule has 2 aliphatic rings. The van der Waals surface area contributed by atoms with Gasteiger partial charge in [0.05, 0.1) is 38.6 Å². The van der Waals surface area contributed by atoms with Crippen molar-refractivity contribution >= 4 is 23.9 Å². The number of esters is 4. The van der Waals surface area contributed by atoms with Gasteiger partial charge in [-0.1, -0.05) is 11.1 Å². The molecule has 0 aromatic rings. The summed E-state index contributed by atoms with van der Waals surface area (Å²) in [6.45, 7) is 3.57. The number of carbonyl (C=O) groups excluding carboxylic acids is 4. The molecule has 0 heterocycles. The van der Waals surface area contributed by atoms with Crippen molar-refractivity contribution in [3.63, 3.8) is 0 Å². The number of ether oxygens (including phenoxy) is 4. The standard InChI is InChI=1S/C19H24O8/c1-5-26-17(22)19(18(23)27-6-2)9-11-7-13(15(20)24-3)14(16(21)25-4)8-12(11)10-19/h5-10H2,1-4H3. The smallest absolute Gasteiger partial charge is 0.334 e. The van der Waals surface area contributed by atoms with Gasteiger partial charge in [0.1, 0.15) is 0 Å². The highest BCUT2D eigenvalue weighted by Gasteiger charge is 2.54. The molecule has 0 aliphatic heterocycles. The Bertz CT molecular complexity index is 668. The minimum atomic E-state index is -1.48. The van der Waals surface area contributed by atoms with Crippen LogP contribution in [0.5, 0.6) is 0 Å². The van der Waals surface area contributed by atoms with Gasteiger partial charge in [0.2, 0.25) is 0 Å². The molecule has 0 spiro atoms. The molecule has 2 aliphatic carbocycles. The van der Waals surface area contributed by atoms with E-state index in [4.69, 9.17) is 18.9 Å². The van der Waals surface area contributed by atoms with Crippen molar-refractivity contribution in [2.45, 2.75) is 39.5 Å². The van der Waals surface area contributed by atoms with Crippen LogP contribution in [0.1, 0.15) is 39.5 Å². The lowest BCUT2D eigenvalue weighted by molar-refractivity contribution is -0.171. The molecule has 0 aromatic carbocycles. The summed E-state index contributed by atoms with van der Waals surface area (Å²) in [5, 5.41) is 0. The van der Waals surface area contributed by atoms with Crippen molar-refractivity contribution in [2.75, 3.05) is 27.4 Å². The molecule has 0 unspecified atom stereocenters. The van der Waals surface area contributed by atoms with Gasteiger partial charge in [-0.2, -0.15) is 0 Å². The van der Waals surface area contributed by atoms with Crippen LogP contribution in [0.4, 0.5) is 0 Å². The van der Waals surface area contributed by atoms with Crippen LogP contribution < -0.4 is 0 Å². The summed E-state index contributed by atoms with van der Waals surface area (Å²) in [5.74, 6) is -2.58. The van der Waals surface area contributed by atoms with Gasteiger partial charge in [-0.25, -0.2) is 9.59 Å². The molecule has 0 fully saturated rings. The molecular formula is C19H24O8. The third kappa shape index (κ3) is 3.74. The van der Waals surface area contributed by atoms with Gasteiger partial charge < -0.3 is 18.9 Å². The molecule has 27 heavy (non-hydrogen) atoms. The molecule has 0 radical (unpaired) electrons. The lowest BCUT2D eigenvalue weighted by Gasteiger charge is -2.24. The van der Waals surface area contributed by atoms with E-state index in [0.29, 0.717) is 0 Å². The number of methoxy groups -OCH3 is 2. The first kappa shape index (κ1) is 20.7. The van der Waals surface area contributed by atoms with Crippen molar-refractivity contribution in [2.24, 2.45) is 5.41 Å². The van der Waals surface area contributed by atoms with Crippen LogP contribution in [0.15, 0.2) is 22.3 Å². The summed E-state index contributed by atoms with van der Waals surface area (Å²) < 4.78 is 19.8. The summed E-state index contributed by atoms with van der Waals surface area (Å²) in [6.07, 6.45) is 0.421. The van der Waals surface area contributed by atoms with E-state index >= 15 is 0 Å². The molecule has 0 bridgehead atoms. The lowest BCUT2D eigenvalue weighted by Crippen LogP contribution is -2.40. The Morgan fingerprint density at radius 2 is 1.15 bits per heavy atom. The summed E-state index contributed by atoms with van der Waals surface area (Å²) in [7, 11) is 2.45. The highest BCUT2D eigenvalue weighted by molar-refractivity contribution is 6.04. The summed E-state index contributed by atoms with van der Waals surface area (Å²) in [4.78, 5) is 49.5. The first-order valence-electron chi connectivity index (χ1n) is 8.77. The zero-order valence-electron chi connectivity index (χ0n) is 16.0. The van der Waals surface area contributed by atoms with Crippen molar-refractivity contribution in [3.8, 4) is 0 Å². The van der Waals surface area contributed by atoms with Gasteiger partial charge in [-0.3, -0.25) is 9.59 Å². The summed E-state index contributed by atoms with van der Waals surface area (Å²) in [5.41, 5.74) is 0.398. The van der Waals surface area contributed by atoms with E-state index < -0.39 is 29.3 Å². The predicted molar refractivity (Wildman–Crippen MR) is 92.3 cm³/mol. The molecule has 8 nitrogen and oxygen atoms in total. The highest BCUT2D eigenvalue weighted by atomic mass is 16.6. The van der Waals surface area contributed by atoms with E-state index in [0.717, 1.165) is 11.1 Å². The van der Waals surface area contributed by atoms with Crippen LogP contribution in [0, 0.1) is 5.41 Å². The number of hydrogen-bond donors (Lipinski definition) is 0. The van der Waals surface area contributed by atoms with Crippen molar-refractivity contribution in [1.29, 1.82) is 0 Å². The first-order chi connectivity index (χ1) is 12.8. The zero-order valence-corrected chi connectivity index (χ0v) is 16.0. The second-order valence-corrected chi connectivity index (χ2v) is 6.38.